The van der Waals surface area contributed by atoms with E-state index < -0.39 is 10.0 Å². The Kier molecular flexibility index (Phi) is 7.11. The van der Waals surface area contributed by atoms with Gasteiger partial charge in [0.05, 0.1) is 10.6 Å². The number of aliphatic imine (C=N–C) groups is 1. The smallest absolute Gasteiger partial charge is 0.266 e. The Balaban J connectivity index is 1.56. The van der Waals surface area contributed by atoms with Crippen molar-refractivity contribution in [2.75, 3.05) is 29.8 Å². The van der Waals surface area contributed by atoms with E-state index in [4.69, 9.17) is 0 Å². The summed E-state index contributed by atoms with van der Waals surface area (Å²) in [5.74, 6) is 0.470. The second kappa shape index (κ2) is 10.4. The molecule has 35 heavy (non-hydrogen) atoms. The number of rotatable bonds is 9. The van der Waals surface area contributed by atoms with E-state index in [0.29, 0.717) is 17.2 Å². The lowest BCUT2D eigenvalue weighted by Gasteiger charge is -2.22. The Morgan fingerprint density at radius 1 is 1.03 bits per heavy atom. The van der Waals surface area contributed by atoms with E-state index in [1.807, 2.05) is 43.3 Å². The fourth-order valence-electron chi connectivity index (χ4n) is 3.21. The normalized spacial score (nSPS) is 11.6. The summed E-state index contributed by atoms with van der Waals surface area (Å²) in [7, 11) is 0.00937. The lowest BCUT2D eigenvalue weighted by Crippen LogP contribution is -2.34. The van der Waals surface area contributed by atoms with Crippen LogP contribution in [0.3, 0.4) is 0 Å². The van der Waals surface area contributed by atoms with Crippen LogP contribution in [-0.4, -0.2) is 65.9 Å². The molecule has 2 aromatic carbocycles. The molecule has 0 aliphatic carbocycles. The number of nitrogens with one attached hydrogen (secondary N) is 1. The molecule has 0 aliphatic heterocycles. The third-order valence-electron chi connectivity index (χ3n) is 5.13. The van der Waals surface area contributed by atoms with E-state index >= 15 is 0 Å². The third kappa shape index (κ3) is 5.84. The molecule has 0 bridgehead atoms. The molecular formula is C23H25N9O2S. The van der Waals surface area contributed by atoms with Gasteiger partial charge in [-0.1, -0.05) is 17.3 Å². The van der Waals surface area contributed by atoms with Gasteiger partial charge in [0, 0.05) is 50.9 Å². The Bertz CT molecular complexity index is 1390. The predicted octanol–water partition coefficient (Wildman–Crippen LogP) is 2.55. The Morgan fingerprint density at radius 2 is 1.77 bits per heavy atom. The summed E-state index contributed by atoms with van der Waals surface area (Å²) in [6.45, 7) is 1.82. The molecule has 0 atom stereocenters. The van der Waals surface area contributed by atoms with Crippen LogP contribution in [0.25, 0.3) is 0 Å². The summed E-state index contributed by atoms with van der Waals surface area (Å²) in [5, 5.41) is 13.7. The first-order valence-corrected chi connectivity index (χ1v) is 12.2. The standard InChI is InChI=1S/C23H25N9O2S/c1-17-12-14-24-23(26-17)32(15-13-22-27-29-30-28-22)35(33,34)21-10-6-19(7-11-21)25-16-18-4-8-20(9-5-18)31(2)3/h4-12,14,16H,13,15H2,1-3H3,(H,27,28,29,30). The number of hydrogen-bond donors (Lipinski definition) is 1. The molecule has 0 aliphatic rings. The number of H-pyrrole nitrogens is 1. The number of hydrogen-bond acceptors (Lipinski definition) is 9. The summed E-state index contributed by atoms with van der Waals surface area (Å²) in [6.07, 6.45) is 3.50. The van der Waals surface area contributed by atoms with Gasteiger partial charge in [0.2, 0.25) is 5.95 Å². The number of aryl methyl sites for hydroxylation is 1. The first-order chi connectivity index (χ1) is 16.8. The minimum absolute atomic E-state index is 0.0498. The van der Waals surface area contributed by atoms with Crippen molar-refractivity contribution in [2.45, 2.75) is 18.2 Å². The van der Waals surface area contributed by atoms with Crippen molar-refractivity contribution in [1.29, 1.82) is 0 Å². The van der Waals surface area contributed by atoms with Crippen LogP contribution in [0.1, 0.15) is 17.1 Å². The molecule has 0 fully saturated rings. The molecule has 0 unspecified atom stereocenters. The quantitative estimate of drug-likeness (QED) is 0.353. The summed E-state index contributed by atoms with van der Waals surface area (Å²) in [5.41, 5.74) is 3.32. The van der Waals surface area contributed by atoms with E-state index in [2.05, 4.69) is 35.6 Å². The minimum Gasteiger partial charge on any atom is -0.378 e. The topological polar surface area (TPSA) is 133 Å². The molecule has 0 amide bonds. The molecule has 2 heterocycles. The van der Waals surface area contributed by atoms with E-state index in [0.717, 1.165) is 15.6 Å². The van der Waals surface area contributed by atoms with Gasteiger partial charge < -0.3 is 4.90 Å². The summed E-state index contributed by atoms with van der Waals surface area (Å²) < 4.78 is 28.2. The molecule has 0 radical (unpaired) electrons. The van der Waals surface area contributed by atoms with Gasteiger partial charge in [0.1, 0.15) is 0 Å². The van der Waals surface area contributed by atoms with Gasteiger partial charge in [0.15, 0.2) is 5.82 Å². The van der Waals surface area contributed by atoms with Crippen LogP contribution < -0.4 is 9.21 Å². The maximum atomic E-state index is 13.5. The monoisotopic (exact) mass is 491 g/mol. The van der Waals surface area contributed by atoms with Gasteiger partial charge in [0.25, 0.3) is 10.0 Å². The van der Waals surface area contributed by atoms with Crippen LogP contribution >= 0.6 is 0 Å². The number of sulfonamides is 1. The van der Waals surface area contributed by atoms with Crippen LogP contribution in [-0.2, 0) is 16.4 Å². The fraction of sp³-hybridized carbons (Fsp3) is 0.217. The number of aromatic nitrogens is 6. The zero-order valence-electron chi connectivity index (χ0n) is 19.6. The first-order valence-electron chi connectivity index (χ1n) is 10.8. The van der Waals surface area contributed by atoms with Crippen molar-refractivity contribution < 1.29 is 8.42 Å². The minimum atomic E-state index is -3.96. The highest BCUT2D eigenvalue weighted by Crippen LogP contribution is 2.23. The van der Waals surface area contributed by atoms with Crippen molar-refractivity contribution in [3.8, 4) is 0 Å². The van der Waals surface area contributed by atoms with Crippen LogP contribution in [0.2, 0.25) is 0 Å². The van der Waals surface area contributed by atoms with E-state index in [9.17, 15) is 8.42 Å². The molecule has 0 spiro atoms. The summed E-state index contributed by atoms with van der Waals surface area (Å²) >= 11 is 0. The van der Waals surface area contributed by atoms with Crippen molar-refractivity contribution in [1.82, 2.24) is 30.6 Å². The van der Waals surface area contributed by atoms with Gasteiger partial charge in [-0.2, -0.15) is 5.21 Å². The fourth-order valence-corrected chi connectivity index (χ4v) is 4.58. The van der Waals surface area contributed by atoms with Gasteiger partial charge >= 0.3 is 0 Å². The molecule has 2 aromatic heterocycles. The van der Waals surface area contributed by atoms with Crippen molar-refractivity contribution >= 4 is 33.6 Å². The number of benzene rings is 2. The maximum absolute atomic E-state index is 13.5. The predicted molar refractivity (Wildman–Crippen MR) is 134 cm³/mol. The molecular weight excluding hydrogens is 466 g/mol. The first kappa shape index (κ1) is 24.0. The molecule has 1 N–H and O–H groups in total. The van der Waals surface area contributed by atoms with Gasteiger partial charge in [-0.15, -0.1) is 10.2 Å². The van der Waals surface area contributed by atoms with Crippen LogP contribution in [0.15, 0.2) is 70.7 Å². The van der Waals surface area contributed by atoms with Crippen LogP contribution in [0.5, 0.6) is 0 Å². The average Bonchev–Trinajstić information content (AvgIpc) is 3.37. The third-order valence-corrected chi connectivity index (χ3v) is 6.92. The molecule has 12 heteroatoms. The lowest BCUT2D eigenvalue weighted by atomic mass is 10.2. The highest BCUT2D eigenvalue weighted by Gasteiger charge is 2.27. The van der Waals surface area contributed by atoms with Crippen molar-refractivity contribution in [3.05, 3.63) is 77.9 Å². The number of nitrogens with zero attached hydrogens (tertiary/aromatic N) is 8. The second-order valence-corrected chi connectivity index (χ2v) is 9.75. The zero-order valence-corrected chi connectivity index (χ0v) is 20.4. The Morgan fingerprint density at radius 3 is 2.40 bits per heavy atom. The SMILES string of the molecule is Cc1ccnc(N(CCc2nn[nH]n2)S(=O)(=O)c2ccc(N=Cc3ccc(N(C)C)cc3)cc2)n1. The Labute approximate surface area is 203 Å². The number of tetrazole rings is 1. The van der Waals surface area contributed by atoms with Crippen LogP contribution in [0, 0.1) is 6.92 Å². The van der Waals surface area contributed by atoms with Gasteiger partial charge in [-0.3, -0.25) is 4.99 Å². The average molecular weight is 492 g/mol. The molecule has 11 nitrogen and oxygen atoms in total. The van der Waals surface area contributed by atoms with E-state index in [-0.39, 0.29) is 23.8 Å². The van der Waals surface area contributed by atoms with E-state index in [1.54, 1.807) is 31.3 Å². The van der Waals surface area contributed by atoms with E-state index in [1.165, 1.54) is 18.3 Å². The number of anilines is 2. The van der Waals surface area contributed by atoms with Gasteiger partial charge in [-0.25, -0.2) is 22.7 Å². The van der Waals surface area contributed by atoms with Crippen molar-refractivity contribution in [3.63, 3.8) is 0 Å². The molecule has 0 saturated heterocycles. The van der Waals surface area contributed by atoms with Crippen LogP contribution in [0.4, 0.5) is 17.3 Å². The highest BCUT2D eigenvalue weighted by molar-refractivity contribution is 7.92. The van der Waals surface area contributed by atoms with Gasteiger partial charge in [-0.05, 0) is 55.0 Å². The highest BCUT2D eigenvalue weighted by atomic mass is 32.2. The Hall–Kier alpha value is -4.19. The zero-order chi connectivity index (χ0) is 24.8. The molecule has 4 rings (SSSR count). The second-order valence-electron chi connectivity index (χ2n) is 7.89. The largest absolute Gasteiger partial charge is 0.378 e. The maximum Gasteiger partial charge on any atom is 0.266 e. The lowest BCUT2D eigenvalue weighted by molar-refractivity contribution is 0.588. The number of aromatic amines is 1. The molecule has 4 aromatic rings. The summed E-state index contributed by atoms with van der Waals surface area (Å²) in [4.78, 5) is 15.1. The summed E-state index contributed by atoms with van der Waals surface area (Å²) in [6, 6.07) is 16.0. The molecule has 180 valence electrons. The molecule has 0 saturated carbocycles. The van der Waals surface area contributed by atoms with Crippen molar-refractivity contribution in [2.24, 2.45) is 4.99 Å².